The Balaban J connectivity index is 2.63. The number of aryl methyl sites for hydroxylation is 1. The van der Waals surface area contributed by atoms with Crippen molar-refractivity contribution in [3.05, 3.63) is 23.5 Å². The third-order valence-corrected chi connectivity index (χ3v) is 3.13. The van der Waals surface area contributed by atoms with Crippen molar-refractivity contribution >= 4 is 0 Å². The van der Waals surface area contributed by atoms with Crippen LogP contribution in [0.5, 0.6) is 5.75 Å². The second kappa shape index (κ2) is 8.22. The summed E-state index contributed by atoms with van der Waals surface area (Å²) in [5, 5.41) is 3.62. The van der Waals surface area contributed by atoms with E-state index >= 15 is 0 Å². The van der Waals surface area contributed by atoms with E-state index in [1.54, 1.807) is 7.11 Å². The van der Waals surface area contributed by atoms with Crippen LogP contribution < -0.4 is 10.1 Å². The molecule has 0 saturated heterocycles. The van der Waals surface area contributed by atoms with Gasteiger partial charge in [-0.2, -0.15) is 0 Å². The SMILES string of the molecule is COc1cc(C)nc(CNC(CC(C)C)CN(C)C)c1. The van der Waals surface area contributed by atoms with Crippen LogP contribution in [0.15, 0.2) is 12.1 Å². The Morgan fingerprint density at radius 1 is 1.30 bits per heavy atom. The van der Waals surface area contributed by atoms with E-state index in [-0.39, 0.29) is 0 Å². The molecule has 4 heteroatoms. The molecule has 0 aliphatic heterocycles. The van der Waals surface area contributed by atoms with Crippen molar-refractivity contribution in [2.45, 2.75) is 39.8 Å². The van der Waals surface area contributed by atoms with E-state index in [2.05, 4.69) is 43.1 Å². The van der Waals surface area contributed by atoms with Gasteiger partial charge >= 0.3 is 0 Å². The molecule has 0 aromatic carbocycles. The largest absolute Gasteiger partial charge is 0.497 e. The molecule has 0 radical (unpaired) electrons. The Kier molecular flexibility index (Phi) is 6.96. The summed E-state index contributed by atoms with van der Waals surface area (Å²) in [4.78, 5) is 6.78. The standard InChI is InChI=1S/C16H29N3O/c1-12(2)7-15(11-19(4)5)17-10-14-9-16(20-6)8-13(3)18-14/h8-9,12,15,17H,7,10-11H2,1-6H3. The van der Waals surface area contributed by atoms with Gasteiger partial charge in [-0.1, -0.05) is 13.8 Å². The van der Waals surface area contributed by atoms with Crippen molar-refractivity contribution in [3.63, 3.8) is 0 Å². The van der Waals surface area contributed by atoms with Crippen LogP contribution >= 0.6 is 0 Å². The molecule has 4 nitrogen and oxygen atoms in total. The highest BCUT2D eigenvalue weighted by atomic mass is 16.5. The van der Waals surface area contributed by atoms with Gasteiger partial charge in [0, 0.05) is 37.0 Å². The van der Waals surface area contributed by atoms with E-state index in [9.17, 15) is 0 Å². The molecule has 0 amide bonds. The van der Waals surface area contributed by atoms with Gasteiger partial charge in [0.25, 0.3) is 0 Å². The van der Waals surface area contributed by atoms with Gasteiger partial charge in [-0.3, -0.25) is 4.98 Å². The average molecular weight is 279 g/mol. The molecule has 0 aliphatic rings. The normalized spacial score (nSPS) is 13.0. The van der Waals surface area contributed by atoms with Crippen molar-refractivity contribution in [1.82, 2.24) is 15.2 Å². The Morgan fingerprint density at radius 2 is 2.00 bits per heavy atom. The van der Waals surface area contributed by atoms with Gasteiger partial charge < -0.3 is 15.0 Å². The molecular formula is C16H29N3O. The number of hydrogen-bond donors (Lipinski definition) is 1. The van der Waals surface area contributed by atoms with Gasteiger partial charge in [0.05, 0.1) is 12.8 Å². The van der Waals surface area contributed by atoms with E-state index in [1.165, 1.54) is 6.42 Å². The quantitative estimate of drug-likeness (QED) is 0.793. The first-order valence-corrected chi connectivity index (χ1v) is 7.30. The monoisotopic (exact) mass is 279 g/mol. The zero-order valence-corrected chi connectivity index (χ0v) is 13.7. The second-order valence-corrected chi connectivity index (χ2v) is 6.11. The van der Waals surface area contributed by atoms with Crippen molar-refractivity contribution < 1.29 is 4.74 Å². The van der Waals surface area contributed by atoms with Crippen LogP contribution in [-0.4, -0.2) is 43.7 Å². The minimum atomic E-state index is 0.485. The summed E-state index contributed by atoms with van der Waals surface area (Å²) >= 11 is 0. The molecule has 1 heterocycles. The molecule has 1 rings (SSSR count). The fourth-order valence-corrected chi connectivity index (χ4v) is 2.39. The zero-order chi connectivity index (χ0) is 15.1. The number of pyridine rings is 1. The van der Waals surface area contributed by atoms with Crippen LogP contribution in [0.25, 0.3) is 0 Å². The first kappa shape index (κ1) is 16.9. The number of likely N-dealkylation sites (N-methyl/N-ethyl adjacent to an activating group) is 1. The summed E-state index contributed by atoms with van der Waals surface area (Å²) in [7, 11) is 5.92. The molecule has 0 saturated carbocycles. The van der Waals surface area contributed by atoms with E-state index in [4.69, 9.17) is 4.74 Å². The smallest absolute Gasteiger partial charge is 0.122 e. The van der Waals surface area contributed by atoms with Crippen molar-refractivity contribution in [1.29, 1.82) is 0 Å². The molecule has 1 atom stereocenters. The fraction of sp³-hybridized carbons (Fsp3) is 0.688. The molecule has 1 aromatic heterocycles. The van der Waals surface area contributed by atoms with Crippen LogP contribution in [0.2, 0.25) is 0 Å². The van der Waals surface area contributed by atoms with Crippen LogP contribution in [0.1, 0.15) is 31.7 Å². The number of nitrogens with zero attached hydrogens (tertiary/aromatic N) is 2. The molecule has 0 fully saturated rings. The zero-order valence-electron chi connectivity index (χ0n) is 13.7. The summed E-state index contributed by atoms with van der Waals surface area (Å²) in [5.74, 6) is 1.56. The van der Waals surface area contributed by atoms with Crippen LogP contribution in [-0.2, 0) is 6.54 Å². The first-order valence-electron chi connectivity index (χ1n) is 7.30. The van der Waals surface area contributed by atoms with Crippen molar-refractivity contribution in [2.24, 2.45) is 5.92 Å². The number of nitrogens with one attached hydrogen (secondary N) is 1. The summed E-state index contributed by atoms with van der Waals surface area (Å²) in [5.41, 5.74) is 2.03. The Labute approximate surface area is 123 Å². The van der Waals surface area contributed by atoms with Crippen molar-refractivity contribution in [3.8, 4) is 5.75 Å². The van der Waals surface area contributed by atoms with Gasteiger partial charge in [0.1, 0.15) is 5.75 Å². The molecule has 0 spiro atoms. The average Bonchev–Trinajstić information content (AvgIpc) is 2.34. The lowest BCUT2D eigenvalue weighted by atomic mass is 10.0. The van der Waals surface area contributed by atoms with E-state index < -0.39 is 0 Å². The maximum absolute atomic E-state index is 5.30. The highest BCUT2D eigenvalue weighted by Gasteiger charge is 2.12. The highest BCUT2D eigenvalue weighted by molar-refractivity contribution is 5.26. The summed E-state index contributed by atoms with van der Waals surface area (Å²) < 4.78 is 5.30. The third kappa shape index (κ3) is 6.35. The molecule has 1 unspecified atom stereocenters. The molecule has 114 valence electrons. The third-order valence-electron chi connectivity index (χ3n) is 3.13. The van der Waals surface area contributed by atoms with Gasteiger partial charge in [0.2, 0.25) is 0 Å². The Hall–Kier alpha value is -1.13. The van der Waals surface area contributed by atoms with Crippen LogP contribution in [0, 0.1) is 12.8 Å². The summed E-state index contributed by atoms with van der Waals surface area (Å²) in [6, 6.07) is 4.44. The predicted molar refractivity (Wildman–Crippen MR) is 84.2 cm³/mol. The number of aromatic nitrogens is 1. The van der Waals surface area contributed by atoms with Crippen LogP contribution in [0.4, 0.5) is 0 Å². The van der Waals surface area contributed by atoms with E-state index in [0.29, 0.717) is 12.0 Å². The molecule has 0 bridgehead atoms. The van der Waals surface area contributed by atoms with E-state index in [0.717, 1.165) is 30.2 Å². The number of hydrogen-bond acceptors (Lipinski definition) is 4. The molecule has 0 aliphatic carbocycles. The lowest BCUT2D eigenvalue weighted by Gasteiger charge is -2.24. The summed E-state index contributed by atoms with van der Waals surface area (Å²) in [6.07, 6.45) is 1.17. The molecule has 1 aromatic rings. The van der Waals surface area contributed by atoms with Gasteiger partial charge in [0.15, 0.2) is 0 Å². The summed E-state index contributed by atoms with van der Waals surface area (Å²) in [6.45, 7) is 8.35. The minimum Gasteiger partial charge on any atom is -0.497 e. The fourth-order valence-electron chi connectivity index (χ4n) is 2.39. The lowest BCUT2D eigenvalue weighted by molar-refractivity contribution is 0.304. The first-order chi connectivity index (χ1) is 9.40. The van der Waals surface area contributed by atoms with Gasteiger partial charge in [-0.05, 0) is 33.4 Å². The molecular weight excluding hydrogens is 250 g/mol. The van der Waals surface area contributed by atoms with Crippen molar-refractivity contribution in [2.75, 3.05) is 27.7 Å². The molecule has 20 heavy (non-hydrogen) atoms. The Bertz CT molecular complexity index is 395. The highest BCUT2D eigenvalue weighted by Crippen LogP contribution is 2.14. The lowest BCUT2D eigenvalue weighted by Crippen LogP contribution is -2.39. The van der Waals surface area contributed by atoms with Gasteiger partial charge in [-0.25, -0.2) is 0 Å². The number of ether oxygens (including phenoxy) is 1. The Morgan fingerprint density at radius 3 is 2.55 bits per heavy atom. The topological polar surface area (TPSA) is 37.4 Å². The molecule has 1 N–H and O–H groups in total. The number of rotatable bonds is 8. The number of methoxy groups -OCH3 is 1. The predicted octanol–water partition coefficient (Wildman–Crippen LogP) is 2.46. The second-order valence-electron chi connectivity index (χ2n) is 6.11. The maximum atomic E-state index is 5.30. The minimum absolute atomic E-state index is 0.485. The van der Waals surface area contributed by atoms with E-state index in [1.807, 2.05) is 19.1 Å². The van der Waals surface area contributed by atoms with Crippen LogP contribution in [0.3, 0.4) is 0 Å². The van der Waals surface area contributed by atoms with Gasteiger partial charge in [-0.15, -0.1) is 0 Å². The maximum Gasteiger partial charge on any atom is 0.122 e.